The minimum Gasteiger partial charge on any atom is -0.310 e. The molecule has 1 aromatic carbocycles. The Morgan fingerprint density at radius 2 is 1.89 bits per heavy atom. The topological polar surface area (TPSA) is 12.0 Å². The Hall–Kier alpha value is 0.140. The Morgan fingerprint density at radius 3 is 2.53 bits per heavy atom. The summed E-state index contributed by atoms with van der Waals surface area (Å²) >= 11 is 7.15. The van der Waals surface area contributed by atoms with E-state index < -0.39 is 0 Å². The molecule has 1 saturated carbocycles. The second kappa shape index (κ2) is 7.24. The smallest absolute Gasteiger partial charge is 0.0303 e. The summed E-state index contributed by atoms with van der Waals surface area (Å²) in [5.74, 6) is 1.81. The molecule has 0 amide bonds. The van der Waals surface area contributed by atoms with Crippen molar-refractivity contribution in [3.8, 4) is 0 Å². The fourth-order valence-corrected chi connectivity index (χ4v) is 4.23. The zero-order chi connectivity index (χ0) is 13.8. The molecular formula is C16H23Br2N. The van der Waals surface area contributed by atoms with Crippen LogP contribution in [0.5, 0.6) is 0 Å². The van der Waals surface area contributed by atoms with E-state index in [2.05, 4.69) is 69.2 Å². The molecule has 0 aliphatic heterocycles. The molecule has 19 heavy (non-hydrogen) atoms. The molecule has 2 rings (SSSR count). The molecule has 0 spiro atoms. The van der Waals surface area contributed by atoms with E-state index in [0.717, 1.165) is 22.9 Å². The first-order valence-corrected chi connectivity index (χ1v) is 8.83. The maximum atomic E-state index is 3.70. The van der Waals surface area contributed by atoms with Gasteiger partial charge < -0.3 is 5.32 Å². The van der Waals surface area contributed by atoms with E-state index >= 15 is 0 Å². The van der Waals surface area contributed by atoms with Crippen molar-refractivity contribution < 1.29 is 0 Å². The molecular weight excluding hydrogens is 366 g/mol. The fraction of sp³-hybridized carbons (Fsp3) is 0.625. The second-order valence-electron chi connectivity index (χ2n) is 5.92. The van der Waals surface area contributed by atoms with Gasteiger partial charge in [0.2, 0.25) is 0 Å². The number of benzene rings is 1. The molecule has 0 radical (unpaired) electrons. The molecule has 0 saturated heterocycles. The summed E-state index contributed by atoms with van der Waals surface area (Å²) in [6.07, 6.45) is 5.59. The fourth-order valence-electron chi connectivity index (χ4n) is 2.84. The van der Waals surface area contributed by atoms with Gasteiger partial charge in [0.1, 0.15) is 0 Å². The van der Waals surface area contributed by atoms with Crippen LogP contribution in [0, 0.1) is 11.8 Å². The lowest BCUT2D eigenvalue weighted by Crippen LogP contribution is -2.28. The van der Waals surface area contributed by atoms with E-state index in [4.69, 9.17) is 0 Å². The Labute approximate surface area is 133 Å². The average Bonchev–Trinajstić information content (AvgIpc) is 2.37. The monoisotopic (exact) mass is 387 g/mol. The highest BCUT2D eigenvalue weighted by atomic mass is 79.9. The second-order valence-corrected chi connectivity index (χ2v) is 7.69. The van der Waals surface area contributed by atoms with Crippen LogP contribution >= 0.6 is 31.9 Å². The van der Waals surface area contributed by atoms with Gasteiger partial charge in [0.25, 0.3) is 0 Å². The van der Waals surface area contributed by atoms with E-state index in [-0.39, 0.29) is 0 Å². The normalized spacial score (nSPS) is 25.3. The molecule has 106 valence electrons. The van der Waals surface area contributed by atoms with Crippen LogP contribution in [-0.2, 0) is 0 Å². The summed E-state index contributed by atoms with van der Waals surface area (Å²) in [4.78, 5) is 0. The third-order valence-electron chi connectivity index (χ3n) is 4.28. The SMILES string of the molecule is CC1CCC(CNC(C)c2ccc(Br)cc2Br)CC1. The van der Waals surface area contributed by atoms with Crippen molar-refractivity contribution in [2.75, 3.05) is 6.54 Å². The number of hydrogen-bond donors (Lipinski definition) is 1. The molecule has 1 N–H and O–H groups in total. The number of rotatable bonds is 4. The quantitative estimate of drug-likeness (QED) is 0.698. The zero-order valence-electron chi connectivity index (χ0n) is 11.8. The predicted molar refractivity (Wildman–Crippen MR) is 89.4 cm³/mol. The van der Waals surface area contributed by atoms with Crippen molar-refractivity contribution in [2.24, 2.45) is 11.8 Å². The molecule has 1 nitrogen and oxygen atoms in total. The molecule has 1 aliphatic rings. The zero-order valence-corrected chi connectivity index (χ0v) is 14.9. The Kier molecular flexibility index (Phi) is 5.91. The van der Waals surface area contributed by atoms with Crippen LogP contribution < -0.4 is 5.32 Å². The van der Waals surface area contributed by atoms with Gasteiger partial charge in [0, 0.05) is 15.0 Å². The molecule has 0 bridgehead atoms. The minimum atomic E-state index is 0.404. The van der Waals surface area contributed by atoms with Crippen LogP contribution in [0.25, 0.3) is 0 Å². The molecule has 1 unspecified atom stereocenters. The minimum absolute atomic E-state index is 0.404. The van der Waals surface area contributed by atoms with Crippen molar-refractivity contribution >= 4 is 31.9 Å². The number of halogens is 2. The van der Waals surface area contributed by atoms with Crippen LogP contribution in [0.1, 0.15) is 51.1 Å². The molecule has 0 heterocycles. The molecule has 1 aromatic rings. The van der Waals surface area contributed by atoms with Gasteiger partial charge in [0.05, 0.1) is 0 Å². The van der Waals surface area contributed by atoms with Gasteiger partial charge in [-0.2, -0.15) is 0 Å². The summed E-state index contributed by atoms with van der Waals surface area (Å²) < 4.78 is 2.30. The van der Waals surface area contributed by atoms with E-state index in [0.29, 0.717) is 6.04 Å². The summed E-state index contributed by atoms with van der Waals surface area (Å²) in [5.41, 5.74) is 1.34. The summed E-state index contributed by atoms with van der Waals surface area (Å²) in [5, 5.41) is 3.70. The predicted octanol–water partition coefficient (Wildman–Crippen LogP) is 5.69. The van der Waals surface area contributed by atoms with E-state index in [1.165, 1.54) is 35.7 Å². The summed E-state index contributed by atoms with van der Waals surface area (Å²) in [6, 6.07) is 6.83. The molecule has 1 aliphatic carbocycles. The van der Waals surface area contributed by atoms with Crippen LogP contribution in [0.4, 0.5) is 0 Å². The highest BCUT2D eigenvalue weighted by Crippen LogP contribution is 2.30. The van der Waals surface area contributed by atoms with Gasteiger partial charge in [-0.3, -0.25) is 0 Å². The largest absolute Gasteiger partial charge is 0.310 e. The van der Waals surface area contributed by atoms with Crippen molar-refractivity contribution in [2.45, 2.75) is 45.6 Å². The Balaban J connectivity index is 1.85. The van der Waals surface area contributed by atoms with Crippen LogP contribution in [0.2, 0.25) is 0 Å². The van der Waals surface area contributed by atoms with Gasteiger partial charge in [0.15, 0.2) is 0 Å². The molecule has 1 atom stereocenters. The highest BCUT2D eigenvalue weighted by molar-refractivity contribution is 9.11. The third kappa shape index (κ3) is 4.57. The third-order valence-corrected chi connectivity index (χ3v) is 5.46. The van der Waals surface area contributed by atoms with Crippen LogP contribution in [-0.4, -0.2) is 6.54 Å². The molecule has 1 fully saturated rings. The first-order chi connectivity index (χ1) is 9.06. The Morgan fingerprint density at radius 1 is 1.21 bits per heavy atom. The van der Waals surface area contributed by atoms with Crippen molar-refractivity contribution in [1.29, 1.82) is 0 Å². The van der Waals surface area contributed by atoms with Gasteiger partial charge in [-0.25, -0.2) is 0 Å². The van der Waals surface area contributed by atoms with Crippen molar-refractivity contribution in [1.82, 2.24) is 5.32 Å². The van der Waals surface area contributed by atoms with Gasteiger partial charge in [-0.05, 0) is 55.8 Å². The lowest BCUT2D eigenvalue weighted by atomic mass is 9.83. The maximum Gasteiger partial charge on any atom is 0.0303 e. The summed E-state index contributed by atoms with van der Waals surface area (Å²) in [7, 11) is 0. The van der Waals surface area contributed by atoms with Crippen molar-refractivity contribution in [3.05, 3.63) is 32.7 Å². The van der Waals surface area contributed by atoms with E-state index in [1.54, 1.807) is 0 Å². The standard InChI is InChI=1S/C16H23Br2N/c1-11-3-5-13(6-4-11)10-19-12(2)15-8-7-14(17)9-16(15)18/h7-9,11-13,19H,3-6,10H2,1-2H3. The van der Waals surface area contributed by atoms with Gasteiger partial charge in [-0.1, -0.05) is 57.7 Å². The maximum absolute atomic E-state index is 3.70. The molecule has 3 heteroatoms. The highest BCUT2D eigenvalue weighted by Gasteiger charge is 2.19. The summed E-state index contributed by atoms with van der Waals surface area (Å²) in [6.45, 7) is 5.78. The van der Waals surface area contributed by atoms with Crippen LogP contribution in [0.15, 0.2) is 27.1 Å². The first kappa shape index (κ1) is 15.5. The lowest BCUT2D eigenvalue weighted by Gasteiger charge is -2.28. The van der Waals surface area contributed by atoms with Crippen LogP contribution in [0.3, 0.4) is 0 Å². The average molecular weight is 389 g/mol. The van der Waals surface area contributed by atoms with Gasteiger partial charge >= 0.3 is 0 Å². The lowest BCUT2D eigenvalue weighted by molar-refractivity contribution is 0.276. The van der Waals surface area contributed by atoms with E-state index in [9.17, 15) is 0 Å². The Bertz CT molecular complexity index is 411. The van der Waals surface area contributed by atoms with Gasteiger partial charge in [-0.15, -0.1) is 0 Å². The molecule has 0 aromatic heterocycles. The number of hydrogen-bond acceptors (Lipinski definition) is 1. The number of nitrogens with one attached hydrogen (secondary N) is 1. The van der Waals surface area contributed by atoms with Crippen molar-refractivity contribution in [3.63, 3.8) is 0 Å². The van der Waals surface area contributed by atoms with E-state index in [1.807, 2.05) is 0 Å². The first-order valence-electron chi connectivity index (χ1n) is 7.24.